The van der Waals surface area contributed by atoms with Crippen LogP contribution in [0, 0.1) is 16.3 Å². The van der Waals surface area contributed by atoms with Gasteiger partial charge in [0.25, 0.3) is 0 Å². The number of thioether (sulfide) groups is 1. The first-order valence-electron chi connectivity index (χ1n) is 5.76. The average Bonchev–Trinajstić information content (AvgIpc) is 2.81. The summed E-state index contributed by atoms with van der Waals surface area (Å²) < 4.78 is 27.0. The number of benzene rings is 1. The summed E-state index contributed by atoms with van der Waals surface area (Å²) in [7, 11) is 0. The molecule has 0 amide bonds. The molecule has 3 rings (SSSR count). The molecule has 1 N–H and O–H groups in total. The predicted octanol–water partition coefficient (Wildman–Crippen LogP) is 3.75. The van der Waals surface area contributed by atoms with Crippen LogP contribution in [0.2, 0.25) is 0 Å². The van der Waals surface area contributed by atoms with Crippen LogP contribution >= 0.6 is 24.0 Å². The Morgan fingerprint density at radius 2 is 2.16 bits per heavy atom. The molecule has 0 spiro atoms. The Labute approximate surface area is 118 Å². The monoisotopic (exact) mass is 296 g/mol. The molecule has 0 aliphatic carbocycles. The molecule has 0 unspecified atom stereocenters. The second-order valence-electron chi connectivity index (χ2n) is 4.35. The summed E-state index contributed by atoms with van der Waals surface area (Å²) in [6.45, 7) is 0. The second kappa shape index (κ2) is 5.02. The fraction of sp³-hybridized carbons (Fsp3) is 0.231. The molecule has 0 atom stereocenters. The lowest BCUT2D eigenvalue weighted by molar-refractivity contribution is 0.573. The van der Waals surface area contributed by atoms with Crippen LogP contribution in [0.4, 0.5) is 8.78 Å². The lowest BCUT2D eigenvalue weighted by Gasteiger charge is -2.06. The summed E-state index contributed by atoms with van der Waals surface area (Å²) in [6, 6.07) is 3.56. The van der Waals surface area contributed by atoms with E-state index in [-0.39, 0.29) is 6.42 Å². The maximum atomic E-state index is 13.6. The molecule has 1 aliphatic heterocycles. The highest BCUT2D eigenvalue weighted by Crippen LogP contribution is 2.28. The van der Waals surface area contributed by atoms with Gasteiger partial charge in [-0.15, -0.1) is 0 Å². The minimum absolute atomic E-state index is 0.285. The smallest absolute Gasteiger partial charge is 0.134 e. The van der Waals surface area contributed by atoms with E-state index in [0.717, 1.165) is 28.8 Å². The SMILES string of the molecule is Fc1ccc(Cc2nc(=S)c3c([nH]2)CSC3)c(F)c1. The zero-order valence-corrected chi connectivity index (χ0v) is 11.5. The largest absolute Gasteiger partial charge is 0.346 e. The minimum atomic E-state index is -0.576. The van der Waals surface area contributed by atoms with Crippen molar-refractivity contribution in [1.82, 2.24) is 9.97 Å². The summed E-state index contributed by atoms with van der Waals surface area (Å²) in [5, 5.41) is 0. The Morgan fingerprint density at radius 3 is 2.95 bits per heavy atom. The van der Waals surface area contributed by atoms with Crippen LogP contribution in [-0.4, -0.2) is 9.97 Å². The quantitative estimate of drug-likeness (QED) is 0.856. The molecule has 98 valence electrons. The van der Waals surface area contributed by atoms with Crippen LogP contribution in [0.1, 0.15) is 22.6 Å². The first-order chi connectivity index (χ1) is 9.13. The van der Waals surface area contributed by atoms with E-state index in [9.17, 15) is 8.78 Å². The standard InChI is InChI=1S/C13H10F2N2S2/c14-8-2-1-7(10(15)4-8)3-12-16-11-6-19-5-9(11)13(18)17-12/h1-2,4H,3,5-6H2,(H,16,17,18). The fourth-order valence-corrected chi connectivity index (χ4v) is 3.52. The van der Waals surface area contributed by atoms with Gasteiger partial charge < -0.3 is 4.98 Å². The van der Waals surface area contributed by atoms with Crippen molar-refractivity contribution in [3.8, 4) is 0 Å². The summed E-state index contributed by atoms with van der Waals surface area (Å²) in [6.07, 6.45) is 0.285. The molecule has 1 aromatic heterocycles. The zero-order chi connectivity index (χ0) is 13.4. The fourth-order valence-electron chi connectivity index (χ4n) is 2.05. The number of nitrogens with zero attached hydrogens (tertiary/aromatic N) is 1. The third-order valence-electron chi connectivity index (χ3n) is 3.02. The van der Waals surface area contributed by atoms with Crippen LogP contribution in [0.25, 0.3) is 0 Å². The summed E-state index contributed by atoms with van der Waals surface area (Å²) >= 11 is 7.01. The van der Waals surface area contributed by atoms with Gasteiger partial charge in [0.2, 0.25) is 0 Å². The number of aromatic amines is 1. The molecule has 0 saturated carbocycles. The van der Waals surface area contributed by atoms with Crippen molar-refractivity contribution >= 4 is 24.0 Å². The molecule has 2 nitrogen and oxygen atoms in total. The number of rotatable bonds is 2. The van der Waals surface area contributed by atoms with Crippen molar-refractivity contribution < 1.29 is 8.78 Å². The van der Waals surface area contributed by atoms with Crippen LogP contribution in [0.15, 0.2) is 18.2 Å². The summed E-state index contributed by atoms with van der Waals surface area (Å²) in [4.78, 5) is 7.49. The Morgan fingerprint density at radius 1 is 1.32 bits per heavy atom. The van der Waals surface area contributed by atoms with Crippen molar-refractivity contribution in [1.29, 1.82) is 0 Å². The number of fused-ring (bicyclic) bond motifs is 1. The lowest BCUT2D eigenvalue weighted by atomic mass is 10.1. The summed E-state index contributed by atoms with van der Waals surface area (Å²) in [5.74, 6) is 1.24. The van der Waals surface area contributed by atoms with Gasteiger partial charge in [-0.3, -0.25) is 0 Å². The lowest BCUT2D eigenvalue weighted by Crippen LogP contribution is -2.03. The molecule has 2 aromatic rings. The highest BCUT2D eigenvalue weighted by Gasteiger charge is 2.16. The van der Waals surface area contributed by atoms with Gasteiger partial charge in [0.15, 0.2) is 0 Å². The molecule has 6 heteroatoms. The Kier molecular flexibility index (Phi) is 3.36. The van der Waals surface area contributed by atoms with Crippen molar-refractivity contribution in [2.24, 2.45) is 0 Å². The van der Waals surface area contributed by atoms with Gasteiger partial charge in [-0.05, 0) is 11.6 Å². The van der Waals surface area contributed by atoms with Gasteiger partial charge in [-0.1, -0.05) is 18.3 Å². The molecule has 0 radical (unpaired) electrons. The molecule has 1 aliphatic rings. The van der Waals surface area contributed by atoms with Crippen molar-refractivity contribution in [2.45, 2.75) is 17.9 Å². The van der Waals surface area contributed by atoms with Crippen LogP contribution < -0.4 is 0 Å². The molecule has 0 fully saturated rings. The average molecular weight is 296 g/mol. The van der Waals surface area contributed by atoms with Crippen LogP contribution in [-0.2, 0) is 17.9 Å². The van der Waals surface area contributed by atoms with E-state index in [2.05, 4.69) is 9.97 Å². The molecule has 1 aromatic carbocycles. The molecular weight excluding hydrogens is 286 g/mol. The van der Waals surface area contributed by atoms with Crippen molar-refractivity contribution in [2.75, 3.05) is 0 Å². The number of nitrogens with one attached hydrogen (secondary N) is 1. The topological polar surface area (TPSA) is 28.7 Å². The van der Waals surface area contributed by atoms with E-state index in [1.807, 2.05) is 0 Å². The van der Waals surface area contributed by atoms with Crippen LogP contribution in [0.5, 0.6) is 0 Å². The van der Waals surface area contributed by atoms with Gasteiger partial charge in [-0.25, -0.2) is 13.8 Å². The van der Waals surface area contributed by atoms with Crippen LogP contribution in [0.3, 0.4) is 0 Å². The first kappa shape index (κ1) is 12.7. The second-order valence-corrected chi connectivity index (χ2v) is 5.72. The van der Waals surface area contributed by atoms with Crippen molar-refractivity contribution in [3.63, 3.8) is 0 Å². The normalized spacial score (nSPS) is 13.6. The number of hydrogen-bond acceptors (Lipinski definition) is 3. The number of hydrogen-bond donors (Lipinski definition) is 1. The van der Waals surface area contributed by atoms with Crippen molar-refractivity contribution in [3.05, 3.63) is 57.1 Å². The van der Waals surface area contributed by atoms with E-state index < -0.39 is 11.6 Å². The number of halogens is 2. The Hall–Kier alpha value is -1.27. The van der Waals surface area contributed by atoms with Gasteiger partial charge in [0.05, 0.1) is 0 Å². The highest BCUT2D eigenvalue weighted by atomic mass is 32.2. The van der Waals surface area contributed by atoms with E-state index in [1.165, 1.54) is 12.1 Å². The van der Waals surface area contributed by atoms with E-state index in [0.29, 0.717) is 16.0 Å². The number of H-pyrrole nitrogens is 1. The zero-order valence-electron chi connectivity index (χ0n) is 9.87. The third kappa shape index (κ3) is 2.55. The third-order valence-corrected chi connectivity index (χ3v) is 4.34. The molecule has 2 heterocycles. The summed E-state index contributed by atoms with van der Waals surface area (Å²) in [5.41, 5.74) is 2.55. The number of aromatic nitrogens is 2. The maximum absolute atomic E-state index is 13.6. The van der Waals surface area contributed by atoms with E-state index in [1.54, 1.807) is 11.8 Å². The Bertz CT molecular complexity index is 698. The minimum Gasteiger partial charge on any atom is -0.346 e. The molecule has 0 saturated heterocycles. The molecule has 0 bridgehead atoms. The van der Waals surface area contributed by atoms with E-state index in [4.69, 9.17) is 12.2 Å². The molecular formula is C13H10F2N2S2. The molecule has 19 heavy (non-hydrogen) atoms. The van der Waals surface area contributed by atoms with Gasteiger partial charge in [0, 0.05) is 35.3 Å². The first-order valence-corrected chi connectivity index (χ1v) is 7.32. The maximum Gasteiger partial charge on any atom is 0.134 e. The van der Waals surface area contributed by atoms with Gasteiger partial charge in [-0.2, -0.15) is 11.8 Å². The van der Waals surface area contributed by atoms with Gasteiger partial charge in [0.1, 0.15) is 22.1 Å². The van der Waals surface area contributed by atoms with E-state index >= 15 is 0 Å². The Balaban J connectivity index is 1.96. The highest BCUT2D eigenvalue weighted by molar-refractivity contribution is 7.98. The van der Waals surface area contributed by atoms with Gasteiger partial charge >= 0.3 is 0 Å². The predicted molar refractivity (Wildman–Crippen MR) is 73.6 cm³/mol.